The van der Waals surface area contributed by atoms with Gasteiger partial charge >= 0.3 is 0 Å². The zero-order valence-electron chi connectivity index (χ0n) is 11.2. The molecule has 1 aromatic heterocycles. The van der Waals surface area contributed by atoms with E-state index in [0.29, 0.717) is 12.6 Å². The Morgan fingerprint density at radius 3 is 2.56 bits per heavy atom. The van der Waals surface area contributed by atoms with E-state index in [1.165, 1.54) is 18.9 Å². The Balaban J connectivity index is 1.92. The SMILES string of the molecule is C[Si](C)(C)CCOCn1c(C2CC2)nc(Br)c1Br. The number of hydrogen-bond donors (Lipinski definition) is 0. The fraction of sp³-hybridized carbons (Fsp3) is 0.750. The average Bonchev–Trinajstić information content (AvgIpc) is 3.04. The largest absolute Gasteiger partial charge is 0.361 e. The summed E-state index contributed by atoms with van der Waals surface area (Å²) in [4.78, 5) is 4.56. The summed E-state index contributed by atoms with van der Waals surface area (Å²) >= 11 is 7.05. The Hall–Kier alpha value is 0.347. The van der Waals surface area contributed by atoms with Crippen LogP contribution in [-0.4, -0.2) is 24.2 Å². The van der Waals surface area contributed by atoms with E-state index in [-0.39, 0.29) is 0 Å². The summed E-state index contributed by atoms with van der Waals surface area (Å²) in [5.74, 6) is 1.79. The van der Waals surface area contributed by atoms with Gasteiger partial charge in [0.25, 0.3) is 0 Å². The van der Waals surface area contributed by atoms with Crippen LogP contribution >= 0.6 is 31.9 Å². The van der Waals surface area contributed by atoms with E-state index < -0.39 is 8.07 Å². The van der Waals surface area contributed by atoms with Crippen molar-refractivity contribution in [1.29, 1.82) is 0 Å². The fourth-order valence-corrected chi connectivity index (χ4v) is 3.25. The monoisotopic (exact) mass is 394 g/mol. The van der Waals surface area contributed by atoms with Crippen molar-refractivity contribution in [3.8, 4) is 0 Å². The van der Waals surface area contributed by atoms with Crippen LogP contribution < -0.4 is 0 Å². The molecule has 18 heavy (non-hydrogen) atoms. The molecule has 0 N–H and O–H groups in total. The third-order valence-corrected chi connectivity index (χ3v) is 6.65. The van der Waals surface area contributed by atoms with Crippen molar-refractivity contribution in [2.75, 3.05) is 6.61 Å². The number of imidazole rings is 1. The smallest absolute Gasteiger partial charge is 0.139 e. The summed E-state index contributed by atoms with van der Waals surface area (Å²) in [7, 11) is -0.998. The summed E-state index contributed by atoms with van der Waals surface area (Å²) in [6.45, 7) is 8.57. The van der Waals surface area contributed by atoms with E-state index in [4.69, 9.17) is 4.74 Å². The molecule has 6 heteroatoms. The van der Waals surface area contributed by atoms with Gasteiger partial charge in [-0.3, -0.25) is 4.57 Å². The van der Waals surface area contributed by atoms with Crippen molar-refractivity contribution in [2.45, 2.75) is 51.2 Å². The van der Waals surface area contributed by atoms with Crippen LogP contribution in [0.3, 0.4) is 0 Å². The van der Waals surface area contributed by atoms with Crippen LogP contribution in [0.5, 0.6) is 0 Å². The number of ether oxygens (including phenoxy) is 1. The van der Waals surface area contributed by atoms with Gasteiger partial charge in [-0.15, -0.1) is 0 Å². The lowest BCUT2D eigenvalue weighted by atomic mass is 10.4. The first kappa shape index (κ1) is 14.7. The zero-order chi connectivity index (χ0) is 13.3. The van der Waals surface area contributed by atoms with Crippen molar-refractivity contribution in [1.82, 2.24) is 9.55 Å². The maximum absolute atomic E-state index is 5.82. The van der Waals surface area contributed by atoms with Crippen molar-refractivity contribution in [3.63, 3.8) is 0 Å². The molecule has 0 bridgehead atoms. The van der Waals surface area contributed by atoms with E-state index in [1.807, 2.05) is 0 Å². The Morgan fingerprint density at radius 1 is 1.33 bits per heavy atom. The van der Waals surface area contributed by atoms with Crippen molar-refractivity contribution < 1.29 is 4.74 Å². The first-order valence-electron chi connectivity index (χ1n) is 6.37. The highest BCUT2D eigenvalue weighted by Crippen LogP contribution is 2.41. The molecule has 3 nitrogen and oxygen atoms in total. The highest BCUT2D eigenvalue weighted by molar-refractivity contribution is 9.13. The Morgan fingerprint density at radius 2 is 2.00 bits per heavy atom. The molecule has 0 aliphatic heterocycles. The molecule has 1 saturated carbocycles. The van der Waals surface area contributed by atoms with E-state index in [1.54, 1.807) is 0 Å². The number of halogens is 2. The second-order valence-corrected chi connectivity index (χ2v) is 13.2. The Labute approximate surface area is 127 Å². The topological polar surface area (TPSA) is 27.1 Å². The average molecular weight is 396 g/mol. The third-order valence-electron chi connectivity index (χ3n) is 3.06. The maximum Gasteiger partial charge on any atom is 0.139 e. The summed E-state index contributed by atoms with van der Waals surface area (Å²) in [6, 6.07) is 1.21. The quantitative estimate of drug-likeness (QED) is 0.519. The van der Waals surface area contributed by atoms with Crippen molar-refractivity contribution in [3.05, 3.63) is 15.0 Å². The van der Waals surface area contributed by atoms with Gasteiger partial charge in [0, 0.05) is 20.6 Å². The van der Waals surface area contributed by atoms with Crippen LogP contribution in [0.2, 0.25) is 25.7 Å². The molecule has 0 atom stereocenters. The van der Waals surface area contributed by atoms with Gasteiger partial charge in [0.2, 0.25) is 0 Å². The van der Waals surface area contributed by atoms with Gasteiger partial charge in [-0.25, -0.2) is 4.98 Å². The van der Waals surface area contributed by atoms with E-state index >= 15 is 0 Å². The number of aromatic nitrogens is 2. The molecule has 1 aliphatic carbocycles. The molecule has 0 unspecified atom stereocenters. The minimum absolute atomic E-state index is 0.607. The van der Waals surface area contributed by atoms with Crippen LogP contribution in [0.25, 0.3) is 0 Å². The number of hydrogen-bond acceptors (Lipinski definition) is 2. The van der Waals surface area contributed by atoms with Crippen molar-refractivity contribution >= 4 is 39.9 Å². The molecule has 0 aromatic carbocycles. The summed E-state index contributed by atoms with van der Waals surface area (Å²) < 4.78 is 9.84. The van der Waals surface area contributed by atoms with Crippen molar-refractivity contribution in [2.24, 2.45) is 0 Å². The molecule has 1 heterocycles. The van der Waals surface area contributed by atoms with Crippen LogP contribution in [0.4, 0.5) is 0 Å². The van der Waals surface area contributed by atoms with Crippen LogP contribution in [0.15, 0.2) is 9.21 Å². The highest BCUT2D eigenvalue weighted by atomic mass is 79.9. The van der Waals surface area contributed by atoms with Gasteiger partial charge in [-0.05, 0) is 50.7 Å². The Bertz CT molecular complexity index is 424. The lowest BCUT2D eigenvalue weighted by Gasteiger charge is -2.16. The molecule has 1 aromatic rings. The molecule has 0 saturated heterocycles. The number of nitrogens with zero attached hydrogens (tertiary/aromatic N) is 2. The highest BCUT2D eigenvalue weighted by Gasteiger charge is 2.30. The lowest BCUT2D eigenvalue weighted by molar-refractivity contribution is 0.0836. The minimum atomic E-state index is -0.998. The summed E-state index contributed by atoms with van der Waals surface area (Å²) in [6.07, 6.45) is 2.51. The number of rotatable bonds is 6. The minimum Gasteiger partial charge on any atom is -0.361 e. The predicted octanol–water partition coefficient (Wildman–Crippen LogP) is 4.60. The molecular weight excluding hydrogens is 376 g/mol. The van der Waals surface area contributed by atoms with Gasteiger partial charge in [-0.2, -0.15) is 0 Å². The molecule has 0 radical (unpaired) electrons. The summed E-state index contributed by atoms with van der Waals surface area (Å²) in [5.41, 5.74) is 0. The van der Waals surface area contributed by atoms with Crippen LogP contribution in [0.1, 0.15) is 24.6 Å². The van der Waals surface area contributed by atoms with Gasteiger partial charge in [0.05, 0.1) is 0 Å². The molecule has 1 fully saturated rings. The predicted molar refractivity (Wildman–Crippen MR) is 83.7 cm³/mol. The Kier molecular flexibility index (Phi) is 4.73. The fourth-order valence-electron chi connectivity index (χ4n) is 1.73. The zero-order valence-corrected chi connectivity index (χ0v) is 15.3. The first-order chi connectivity index (χ1) is 8.38. The lowest BCUT2D eigenvalue weighted by Crippen LogP contribution is -2.22. The van der Waals surface area contributed by atoms with Crippen LogP contribution in [0, 0.1) is 0 Å². The van der Waals surface area contributed by atoms with E-state index in [0.717, 1.165) is 21.6 Å². The molecule has 102 valence electrons. The standard InChI is InChI=1S/C12H20Br2N2OSi/c1-18(2,3)7-6-17-8-16-11(14)10(13)15-12(16)9-4-5-9/h9H,4-8H2,1-3H3. The maximum atomic E-state index is 5.82. The second kappa shape index (κ2) is 5.77. The van der Waals surface area contributed by atoms with Gasteiger partial charge in [0.1, 0.15) is 21.8 Å². The van der Waals surface area contributed by atoms with Gasteiger partial charge in [-0.1, -0.05) is 19.6 Å². The first-order valence-corrected chi connectivity index (χ1v) is 11.7. The second-order valence-electron chi connectivity index (χ2n) is 6.10. The van der Waals surface area contributed by atoms with Gasteiger partial charge < -0.3 is 4.74 Å². The van der Waals surface area contributed by atoms with E-state index in [9.17, 15) is 0 Å². The molecule has 0 amide bonds. The van der Waals surface area contributed by atoms with E-state index in [2.05, 4.69) is 61.1 Å². The van der Waals surface area contributed by atoms with Gasteiger partial charge in [0.15, 0.2) is 0 Å². The summed E-state index contributed by atoms with van der Waals surface area (Å²) in [5, 5.41) is 0. The van der Waals surface area contributed by atoms with Crippen LogP contribution in [-0.2, 0) is 11.5 Å². The molecule has 2 rings (SSSR count). The molecule has 1 aliphatic rings. The molecule has 0 spiro atoms. The normalized spacial score (nSPS) is 16.3. The third kappa shape index (κ3) is 3.92. The molecular formula is C12H20Br2N2OSi.